The minimum atomic E-state index is -0.921. The van der Waals surface area contributed by atoms with Gasteiger partial charge in [-0.2, -0.15) is 0 Å². The van der Waals surface area contributed by atoms with Gasteiger partial charge in [0.05, 0.1) is 12.3 Å². The molecule has 1 rings (SSSR count). The van der Waals surface area contributed by atoms with Gasteiger partial charge in [0.2, 0.25) is 5.91 Å². The van der Waals surface area contributed by atoms with E-state index in [2.05, 4.69) is 0 Å². The number of hydrogen-bond donors (Lipinski definition) is 2. The van der Waals surface area contributed by atoms with Crippen LogP contribution in [0.25, 0.3) is 0 Å². The lowest BCUT2D eigenvalue weighted by molar-refractivity contribution is -0.136. The number of hydrogen-bond acceptors (Lipinski definition) is 3. The van der Waals surface area contributed by atoms with E-state index in [9.17, 15) is 9.59 Å². The molecule has 0 radical (unpaired) electrons. The van der Waals surface area contributed by atoms with E-state index in [1.54, 1.807) is 4.90 Å². The molecule has 0 fully saturated rings. The van der Waals surface area contributed by atoms with Crippen LogP contribution < -0.4 is 10.6 Å². The zero-order valence-electron chi connectivity index (χ0n) is 12.9. The van der Waals surface area contributed by atoms with Crippen molar-refractivity contribution < 1.29 is 14.7 Å². The Bertz CT molecular complexity index is 500. The Hall–Kier alpha value is -1.88. The van der Waals surface area contributed by atoms with Crippen molar-refractivity contribution >= 4 is 17.6 Å². The fourth-order valence-corrected chi connectivity index (χ4v) is 2.28. The van der Waals surface area contributed by atoms with E-state index in [4.69, 9.17) is 10.8 Å². The highest BCUT2D eigenvalue weighted by Crippen LogP contribution is 2.23. The van der Waals surface area contributed by atoms with Crippen molar-refractivity contribution in [3.63, 3.8) is 0 Å². The molecule has 0 bridgehead atoms. The van der Waals surface area contributed by atoms with Gasteiger partial charge in [-0.15, -0.1) is 0 Å². The highest BCUT2D eigenvalue weighted by atomic mass is 16.4. The van der Waals surface area contributed by atoms with Gasteiger partial charge in [0.15, 0.2) is 0 Å². The molecule has 0 saturated carbocycles. The molecule has 0 spiro atoms. The van der Waals surface area contributed by atoms with Crippen molar-refractivity contribution in [2.45, 2.75) is 27.2 Å². The summed E-state index contributed by atoms with van der Waals surface area (Å²) < 4.78 is 0. The summed E-state index contributed by atoms with van der Waals surface area (Å²) >= 11 is 0. The molecule has 1 atom stereocenters. The Morgan fingerprint density at radius 3 is 2.38 bits per heavy atom. The van der Waals surface area contributed by atoms with Gasteiger partial charge in [-0.3, -0.25) is 9.59 Å². The molecule has 3 N–H and O–H groups in total. The first kappa shape index (κ1) is 17.2. The van der Waals surface area contributed by atoms with Crippen LogP contribution in [0.4, 0.5) is 5.69 Å². The van der Waals surface area contributed by atoms with Crippen molar-refractivity contribution in [3.05, 3.63) is 29.8 Å². The number of carboxylic acids is 1. The van der Waals surface area contributed by atoms with Crippen molar-refractivity contribution in [2.24, 2.45) is 17.6 Å². The molecular formula is C16H24N2O3. The van der Waals surface area contributed by atoms with Crippen LogP contribution in [0.15, 0.2) is 24.3 Å². The maximum Gasteiger partial charge on any atom is 0.305 e. The largest absolute Gasteiger partial charge is 0.481 e. The summed E-state index contributed by atoms with van der Waals surface area (Å²) in [6.07, 6.45) is -0.0878. The van der Waals surface area contributed by atoms with E-state index < -0.39 is 5.97 Å². The van der Waals surface area contributed by atoms with Gasteiger partial charge in [-0.25, -0.2) is 0 Å². The molecule has 21 heavy (non-hydrogen) atoms. The summed E-state index contributed by atoms with van der Waals surface area (Å²) in [4.78, 5) is 25.1. The summed E-state index contributed by atoms with van der Waals surface area (Å²) in [5.74, 6) is -1.23. The van der Waals surface area contributed by atoms with Crippen molar-refractivity contribution in [1.29, 1.82) is 0 Å². The van der Waals surface area contributed by atoms with Crippen LogP contribution in [0.2, 0.25) is 0 Å². The number of nitrogens with zero attached hydrogens (tertiary/aromatic N) is 1. The molecule has 5 nitrogen and oxygen atoms in total. The van der Waals surface area contributed by atoms with Gasteiger partial charge in [-0.05, 0) is 24.5 Å². The lowest BCUT2D eigenvalue weighted by Gasteiger charge is -2.29. The molecule has 1 amide bonds. The Labute approximate surface area is 125 Å². The maximum absolute atomic E-state index is 12.7. The first-order chi connectivity index (χ1) is 9.88. The molecular weight excluding hydrogens is 268 g/mol. The highest BCUT2D eigenvalue weighted by Gasteiger charge is 2.27. The first-order valence-corrected chi connectivity index (χ1v) is 7.17. The number of anilines is 1. The van der Waals surface area contributed by atoms with Gasteiger partial charge >= 0.3 is 5.97 Å². The molecule has 5 heteroatoms. The fraction of sp³-hybridized carbons (Fsp3) is 0.500. The number of nitrogens with two attached hydrogens (primary N) is 1. The molecule has 0 heterocycles. The molecule has 1 aromatic rings. The second-order valence-electron chi connectivity index (χ2n) is 5.51. The zero-order valence-corrected chi connectivity index (χ0v) is 12.9. The number of carbonyl (C=O) groups excluding carboxylic acids is 1. The molecule has 0 aromatic heterocycles. The smallest absolute Gasteiger partial charge is 0.305 e. The molecule has 1 unspecified atom stereocenters. The fourth-order valence-electron chi connectivity index (χ4n) is 2.28. The second kappa shape index (κ2) is 7.78. The Morgan fingerprint density at radius 1 is 1.29 bits per heavy atom. The lowest BCUT2D eigenvalue weighted by Crippen LogP contribution is -2.42. The second-order valence-corrected chi connectivity index (χ2v) is 5.51. The number of benzene rings is 1. The number of amides is 1. The number of rotatable bonds is 7. The minimum absolute atomic E-state index is 0.0878. The summed E-state index contributed by atoms with van der Waals surface area (Å²) in [5, 5.41) is 8.90. The average Bonchev–Trinajstić information content (AvgIpc) is 2.41. The van der Waals surface area contributed by atoms with E-state index in [-0.39, 0.29) is 37.3 Å². The van der Waals surface area contributed by atoms with E-state index in [1.165, 1.54) is 0 Å². The van der Waals surface area contributed by atoms with Gasteiger partial charge < -0.3 is 15.7 Å². The lowest BCUT2D eigenvalue weighted by atomic mass is 9.94. The summed E-state index contributed by atoms with van der Waals surface area (Å²) in [5.41, 5.74) is 7.41. The molecule has 0 aliphatic rings. The highest BCUT2D eigenvalue weighted by molar-refractivity contribution is 5.96. The predicted molar refractivity (Wildman–Crippen MR) is 83.2 cm³/mol. The summed E-state index contributed by atoms with van der Waals surface area (Å²) in [7, 11) is 0. The van der Waals surface area contributed by atoms with Crippen molar-refractivity contribution in [3.8, 4) is 0 Å². The third-order valence-corrected chi connectivity index (χ3v) is 3.60. The summed E-state index contributed by atoms with van der Waals surface area (Å²) in [6, 6.07) is 7.48. The molecule has 0 aliphatic carbocycles. The number of carboxylic acid groups (broad SMARTS) is 1. The van der Waals surface area contributed by atoms with Gasteiger partial charge in [0, 0.05) is 18.8 Å². The third kappa shape index (κ3) is 4.56. The van der Waals surface area contributed by atoms with Crippen LogP contribution in [-0.4, -0.2) is 30.1 Å². The van der Waals surface area contributed by atoms with Crippen molar-refractivity contribution in [1.82, 2.24) is 0 Å². The predicted octanol–water partition coefficient (Wildman–Crippen LogP) is 2.03. The summed E-state index contributed by atoms with van der Waals surface area (Å²) in [6.45, 7) is 6.21. The molecule has 1 aromatic carbocycles. The van der Waals surface area contributed by atoms with E-state index in [1.807, 2.05) is 45.0 Å². The third-order valence-electron chi connectivity index (χ3n) is 3.60. The van der Waals surface area contributed by atoms with Crippen molar-refractivity contribution in [2.75, 3.05) is 18.0 Å². The SMILES string of the molecule is Cc1ccccc1N(CCC(=O)O)C(=O)C(CN)C(C)C. The number of aliphatic carboxylic acids is 1. The van der Waals surface area contributed by atoms with Crippen LogP contribution in [0.3, 0.4) is 0 Å². The van der Waals surface area contributed by atoms with Crippen LogP contribution in [-0.2, 0) is 9.59 Å². The van der Waals surface area contributed by atoms with E-state index in [0.717, 1.165) is 11.3 Å². The standard InChI is InChI=1S/C16H24N2O3/c1-11(2)13(10-17)16(21)18(9-8-15(19)20)14-7-5-4-6-12(14)3/h4-7,11,13H,8-10,17H2,1-3H3,(H,19,20). The van der Waals surface area contributed by atoms with Crippen LogP contribution in [0.1, 0.15) is 25.8 Å². The average molecular weight is 292 g/mol. The molecule has 0 saturated heterocycles. The van der Waals surface area contributed by atoms with Gasteiger partial charge in [-0.1, -0.05) is 32.0 Å². The first-order valence-electron chi connectivity index (χ1n) is 7.17. The zero-order chi connectivity index (χ0) is 16.0. The normalized spacial score (nSPS) is 12.2. The quantitative estimate of drug-likeness (QED) is 0.805. The Kier molecular flexibility index (Phi) is 6.37. The Morgan fingerprint density at radius 2 is 1.90 bits per heavy atom. The Balaban J connectivity index is 3.10. The molecule has 0 aliphatic heterocycles. The number of para-hydroxylation sites is 1. The van der Waals surface area contributed by atoms with E-state index in [0.29, 0.717) is 0 Å². The van der Waals surface area contributed by atoms with Crippen LogP contribution in [0, 0.1) is 18.8 Å². The minimum Gasteiger partial charge on any atom is -0.481 e. The number of aryl methyl sites for hydroxylation is 1. The van der Waals surface area contributed by atoms with Crippen LogP contribution in [0.5, 0.6) is 0 Å². The van der Waals surface area contributed by atoms with Gasteiger partial charge in [0.25, 0.3) is 0 Å². The number of carbonyl (C=O) groups is 2. The van der Waals surface area contributed by atoms with E-state index >= 15 is 0 Å². The van der Waals surface area contributed by atoms with Gasteiger partial charge in [0.1, 0.15) is 0 Å². The topological polar surface area (TPSA) is 83.6 Å². The maximum atomic E-state index is 12.7. The molecule has 116 valence electrons. The monoisotopic (exact) mass is 292 g/mol. The van der Waals surface area contributed by atoms with Crippen LogP contribution >= 0.6 is 0 Å².